The molecule has 1 N–H and O–H groups in total. The number of benzene rings is 2. The van der Waals surface area contributed by atoms with Crippen LogP contribution >= 0.6 is 11.6 Å². The maximum atomic E-state index is 6.37. The SMILES string of the molecule is CCCOc1c(Cl)cc(CNCc2cnn(-c3ccccc3)c2)cc1OC. The van der Waals surface area contributed by atoms with E-state index in [2.05, 4.69) is 17.3 Å². The summed E-state index contributed by atoms with van der Waals surface area (Å²) in [5.41, 5.74) is 3.19. The van der Waals surface area contributed by atoms with Crippen LogP contribution in [-0.2, 0) is 13.1 Å². The molecule has 0 unspecified atom stereocenters. The van der Waals surface area contributed by atoms with Gasteiger partial charge in [-0.05, 0) is 36.2 Å². The Hall–Kier alpha value is -2.50. The monoisotopic (exact) mass is 385 g/mol. The van der Waals surface area contributed by atoms with Gasteiger partial charge in [-0.25, -0.2) is 4.68 Å². The summed E-state index contributed by atoms with van der Waals surface area (Å²) in [4.78, 5) is 0. The van der Waals surface area contributed by atoms with Crippen molar-refractivity contribution in [3.8, 4) is 17.2 Å². The van der Waals surface area contributed by atoms with Crippen LogP contribution in [0, 0.1) is 0 Å². The molecule has 0 fully saturated rings. The molecular formula is C21H24ClN3O2. The second-order valence-electron chi connectivity index (χ2n) is 6.19. The Bertz CT molecular complexity index is 865. The number of nitrogens with one attached hydrogen (secondary N) is 1. The minimum atomic E-state index is 0.566. The Balaban J connectivity index is 1.60. The summed E-state index contributed by atoms with van der Waals surface area (Å²) in [6.45, 7) is 4.04. The van der Waals surface area contributed by atoms with E-state index in [1.165, 1.54) is 0 Å². The van der Waals surface area contributed by atoms with E-state index in [4.69, 9.17) is 21.1 Å². The van der Waals surface area contributed by atoms with Gasteiger partial charge < -0.3 is 14.8 Å². The topological polar surface area (TPSA) is 48.3 Å². The minimum Gasteiger partial charge on any atom is -0.493 e. The van der Waals surface area contributed by atoms with Crippen molar-refractivity contribution in [1.29, 1.82) is 0 Å². The van der Waals surface area contributed by atoms with Crippen LogP contribution in [0.5, 0.6) is 11.5 Å². The molecule has 0 aliphatic carbocycles. The van der Waals surface area contributed by atoms with Gasteiger partial charge in [0.05, 0.1) is 30.6 Å². The Kier molecular flexibility index (Phi) is 6.74. The zero-order chi connectivity index (χ0) is 19.1. The average Bonchev–Trinajstić information content (AvgIpc) is 3.16. The molecule has 1 heterocycles. The molecule has 3 rings (SSSR count). The van der Waals surface area contributed by atoms with Crippen LogP contribution in [0.15, 0.2) is 54.9 Å². The molecule has 0 atom stereocenters. The number of para-hydroxylation sites is 1. The van der Waals surface area contributed by atoms with Gasteiger partial charge in [0, 0.05) is 24.8 Å². The van der Waals surface area contributed by atoms with Gasteiger partial charge in [-0.2, -0.15) is 5.10 Å². The van der Waals surface area contributed by atoms with Gasteiger partial charge in [-0.3, -0.25) is 0 Å². The lowest BCUT2D eigenvalue weighted by Crippen LogP contribution is -2.12. The summed E-state index contributed by atoms with van der Waals surface area (Å²) in [6, 6.07) is 13.9. The van der Waals surface area contributed by atoms with Crippen molar-refractivity contribution in [2.75, 3.05) is 13.7 Å². The highest BCUT2D eigenvalue weighted by Gasteiger charge is 2.12. The summed E-state index contributed by atoms with van der Waals surface area (Å²) in [5.74, 6) is 1.26. The van der Waals surface area contributed by atoms with Crippen LogP contribution in [0.1, 0.15) is 24.5 Å². The van der Waals surface area contributed by atoms with Crippen molar-refractivity contribution in [3.05, 3.63) is 71.0 Å². The quantitative estimate of drug-likeness (QED) is 0.584. The van der Waals surface area contributed by atoms with Crippen LogP contribution in [0.3, 0.4) is 0 Å². The molecule has 0 amide bonds. The first kappa shape index (κ1) is 19.3. The molecule has 27 heavy (non-hydrogen) atoms. The fourth-order valence-electron chi connectivity index (χ4n) is 2.74. The number of methoxy groups -OCH3 is 1. The normalized spacial score (nSPS) is 10.8. The van der Waals surface area contributed by atoms with Crippen LogP contribution in [0.4, 0.5) is 0 Å². The van der Waals surface area contributed by atoms with Gasteiger partial charge in [-0.1, -0.05) is 36.7 Å². The Labute approximate surface area is 164 Å². The third-order valence-corrected chi connectivity index (χ3v) is 4.34. The Morgan fingerprint density at radius 3 is 2.63 bits per heavy atom. The fraction of sp³-hybridized carbons (Fsp3) is 0.286. The number of nitrogens with zero attached hydrogens (tertiary/aromatic N) is 2. The van der Waals surface area contributed by atoms with E-state index in [9.17, 15) is 0 Å². The van der Waals surface area contributed by atoms with Crippen LogP contribution in [-0.4, -0.2) is 23.5 Å². The number of hydrogen-bond donors (Lipinski definition) is 1. The van der Waals surface area contributed by atoms with Crippen molar-refractivity contribution in [2.45, 2.75) is 26.4 Å². The molecule has 0 radical (unpaired) electrons. The second kappa shape index (κ2) is 9.44. The zero-order valence-electron chi connectivity index (χ0n) is 15.6. The molecule has 0 bridgehead atoms. The van der Waals surface area contributed by atoms with Crippen molar-refractivity contribution in [3.63, 3.8) is 0 Å². The maximum Gasteiger partial charge on any atom is 0.179 e. The van der Waals surface area contributed by atoms with Crippen molar-refractivity contribution in [1.82, 2.24) is 15.1 Å². The minimum absolute atomic E-state index is 0.566. The molecule has 142 valence electrons. The van der Waals surface area contributed by atoms with Gasteiger partial charge in [0.15, 0.2) is 11.5 Å². The van der Waals surface area contributed by atoms with Gasteiger partial charge >= 0.3 is 0 Å². The molecule has 5 nitrogen and oxygen atoms in total. The number of hydrogen-bond acceptors (Lipinski definition) is 4. The van der Waals surface area contributed by atoms with Gasteiger partial charge in [0.25, 0.3) is 0 Å². The number of ether oxygens (including phenoxy) is 2. The van der Waals surface area contributed by atoms with Crippen molar-refractivity contribution in [2.24, 2.45) is 0 Å². The zero-order valence-corrected chi connectivity index (χ0v) is 16.4. The van der Waals surface area contributed by atoms with Crippen LogP contribution < -0.4 is 14.8 Å². The first-order valence-electron chi connectivity index (χ1n) is 9.00. The van der Waals surface area contributed by atoms with E-state index in [0.29, 0.717) is 36.2 Å². The molecule has 3 aromatic rings. The van der Waals surface area contributed by atoms with E-state index in [1.807, 2.05) is 59.5 Å². The molecule has 2 aromatic carbocycles. The van der Waals surface area contributed by atoms with E-state index in [1.54, 1.807) is 7.11 Å². The van der Waals surface area contributed by atoms with E-state index < -0.39 is 0 Å². The first-order valence-corrected chi connectivity index (χ1v) is 9.38. The fourth-order valence-corrected chi connectivity index (χ4v) is 3.03. The molecule has 1 aromatic heterocycles. The number of rotatable bonds is 9. The summed E-state index contributed by atoms with van der Waals surface area (Å²) in [7, 11) is 1.62. The summed E-state index contributed by atoms with van der Waals surface area (Å²) in [5, 5.41) is 8.39. The second-order valence-corrected chi connectivity index (χ2v) is 6.60. The average molecular weight is 386 g/mol. The predicted octanol–water partition coefficient (Wildman–Crippen LogP) is 4.61. The standard InChI is InChI=1S/C21H24ClN3O2/c1-3-9-27-21-19(22)10-16(11-20(21)26-2)12-23-13-17-14-24-25(15-17)18-7-5-4-6-8-18/h4-8,10-11,14-15,23H,3,9,12-13H2,1-2H3. The van der Waals surface area contributed by atoms with Gasteiger partial charge in [-0.15, -0.1) is 0 Å². The largest absolute Gasteiger partial charge is 0.493 e. The molecular weight excluding hydrogens is 362 g/mol. The summed E-state index contributed by atoms with van der Waals surface area (Å²) >= 11 is 6.37. The summed E-state index contributed by atoms with van der Waals surface area (Å²) in [6.07, 6.45) is 4.81. The van der Waals surface area contributed by atoms with E-state index in [-0.39, 0.29) is 0 Å². The Morgan fingerprint density at radius 2 is 1.89 bits per heavy atom. The van der Waals surface area contributed by atoms with E-state index >= 15 is 0 Å². The highest BCUT2D eigenvalue weighted by molar-refractivity contribution is 6.32. The lowest BCUT2D eigenvalue weighted by atomic mass is 10.2. The predicted molar refractivity (Wildman–Crippen MR) is 108 cm³/mol. The molecule has 0 spiro atoms. The molecule has 0 saturated carbocycles. The molecule has 0 aliphatic rings. The lowest BCUT2D eigenvalue weighted by Gasteiger charge is -2.14. The molecule has 6 heteroatoms. The van der Waals surface area contributed by atoms with Gasteiger partial charge in [0.2, 0.25) is 0 Å². The van der Waals surface area contributed by atoms with Gasteiger partial charge in [0.1, 0.15) is 0 Å². The third-order valence-electron chi connectivity index (χ3n) is 4.05. The summed E-state index contributed by atoms with van der Waals surface area (Å²) < 4.78 is 13.0. The highest BCUT2D eigenvalue weighted by atomic mass is 35.5. The molecule has 0 saturated heterocycles. The smallest absolute Gasteiger partial charge is 0.179 e. The highest BCUT2D eigenvalue weighted by Crippen LogP contribution is 2.36. The van der Waals surface area contributed by atoms with Crippen molar-refractivity contribution >= 4 is 11.6 Å². The maximum absolute atomic E-state index is 6.37. The number of halogens is 1. The van der Waals surface area contributed by atoms with E-state index in [0.717, 1.165) is 23.2 Å². The molecule has 0 aliphatic heterocycles. The van der Waals surface area contributed by atoms with Crippen LogP contribution in [0.2, 0.25) is 5.02 Å². The van der Waals surface area contributed by atoms with Crippen molar-refractivity contribution < 1.29 is 9.47 Å². The number of aromatic nitrogens is 2. The third kappa shape index (κ3) is 5.02. The lowest BCUT2D eigenvalue weighted by molar-refractivity contribution is 0.294. The first-order chi connectivity index (χ1) is 13.2. The van der Waals surface area contributed by atoms with Crippen LogP contribution in [0.25, 0.3) is 5.69 Å². The Morgan fingerprint density at radius 1 is 1.11 bits per heavy atom.